The van der Waals surface area contributed by atoms with Crippen molar-refractivity contribution < 1.29 is 4.42 Å². The molecule has 0 N–H and O–H groups in total. The quantitative estimate of drug-likeness (QED) is 0.167. The minimum Gasteiger partial charge on any atom is -0.436 e. The first-order valence-corrected chi connectivity index (χ1v) is 17.3. The van der Waals surface area contributed by atoms with Crippen molar-refractivity contribution in [3.05, 3.63) is 181 Å². The number of hydrogen-bond donors (Lipinski definition) is 0. The summed E-state index contributed by atoms with van der Waals surface area (Å²) in [6.07, 6.45) is 0. The van der Waals surface area contributed by atoms with Gasteiger partial charge in [0.25, 0.3) is 0 Å². The number of rotatable bonds is 7. The standard InChI is InChI=1S/C47H29N5O/c48-30-31-16-18-32(19-17-31)33-22-26-39(27-23-33)47-49-43-41(35-10-4-1-5-11-35)28-40(29-42(43)53-47)34-20-24-38(25-21-34)46-51-44(36-12-6-2-7-13-36)50-45(52-46)37-14-8-3-9-15-37/h1-29H. The molecule has 0 unspecified atom stereocenters. The first-order valence-electron chi connectivity index (χ1n) is 17.3. The van der Waals surface area contributed by atoms with Gasteiger partial charge in [0.1, 0.15) is 5.52 Å². The maximum absolute atomic E-state index is 9.16. The van der Waals surface area contributed by atoms with Crippen LogP contribution < -0.4 is 0 Å². The van der Waals surface area contributed by atoms with Gasteiger partial charge < -0.3 is 4.42 Å². The van der Waals surface area contributed by atoms with Gasteiger partial charge in [0.05, 0.1) is 11.6 Å². The second-order valence-electron chi connectivity index (χ2n) is 12.6. The highest BCUT2D eigenvalue weighted by Gasteiger charge is 2.17. The van der Waals surface area contributed by atoms with Gasteiger partial charge in [0, 0.05) is 27.8 Å². The molecule has 248 valence electrons. The van der Waals surface area contributed by atoms with Crippen LogP contribution in [0, 0.1) is 11.3 Å². The summed E-state index contributed by atoms with van der Waals surface area (Å²) >= 11 is 0. The third-order valence-corrected chi connectivity index (χ3v) is 9.23. The SMILES string of the molecule is N#Cc1ccc(-c2ccc(-c3nc4c(-c5ccccc5)cc(-c5ccc(-c6nc(-c7ccccc7)nc(-c7ccccc7)n6)cc5)cc4o3)cc2)cc1. The Bertz CT molecular complexity index is 2680. The van der Waals surface area contributed by atoms with Gasteiger partial charge in [-0.1, -0.05) is 140 Å². The van der Waals surface area contributed by atoms with E-state index in [1.807, 2.05) is 115 Å². The lowest BCUT2D eigenvalue weighted by atomic mass is 9.97. The van der Waals surface area contributed by atoms with Crippen LogP contribution in [0.5, 0.6) is 0 Å². The van der Waals surface area contributed by atoms with Crippen LogP contribution in [0.15, 0.2) is 180 Å². The summed E-state index contributed by atoms with van der Waals surface area (Å²) in [6.45, 7) is 0. The van der Waals surface area contributed by atoms with Crippen molar-refractivity contribution in [2.75, 3.05) is 0 Å². The van der Waals surface area contributed by atoms with Crippen molar-refractivity contribution in [3.63, 3.8) is 0 Å². The van der Waals surface area contributed by atoms with Crippen LogP contribution in [0.3, 0.4) is 0 Å². The largest absolute Gasteiger partial charge is 0.436 e. The number of oxazole rings is 1. The fourth-order valence-corrected chi connectivity index (χ4v) is 6.45. The molecule has 6 nitrogen and oxygen atoms in total. The van der Waals surface area contributed by atoms with Crippen molar-refractivity contribution in [2.24, 2.45) is 0 Å². The van der Waals surface area contributed by atoms with Gasteiger partial charge in [0.15, 0.2) is 23.1 Å². The molecule has 9 aromatic rings. The lowest BCUT2D eigenvalue weighted by Gasteiger charge is -2.10. The van der Waals surface area contributed by atoms with Gasteiger partial charge in [-0.2, -0.15) is 5.26 Å². The number of benzene rings is 7. The van der Waals surface area contributed by atoms with Crippen LogP contribution in [0.25, 0.3) is 90.1 Å². The van der Waals surface area contributed by atoms with E-state index in [1.54, 1.807) is 0 Å². The third-order valence-electron chi connectivity index (χ3n) is 9.23. The van der Waals surface area contributed by atoms with Gasteiger partial charge in [-0.3, -0.25) is 0 Å². The normalized spacial score (nSPS) is 11.0. The van der Waals surface area contributed by atoms with Gasteiger partial charge in [-0.15, -0.1) is 0 Å². The van der Waals surface area contributed by atoms with Crippen molar-refractivity contribution in [3.8, 4) is 85.1 Å². The van der Waals surface area contributed by atoms with Crippen LogP contribution in [-0.2, 0) is 0 Å². The van der Waals surface area contributed by atoms with Gasteiger partial charge >= 0.3 is 0 Å². The topological polar surface area (TPSA) is 88.5 Å². The summed E-state index contributed by atoms with van der Waals surface area (Å²) in [5.74, 6) is 2.41. The average Bonchev–Trinajstić information content (AvgIpc) is 3.69. The summed E-state index contributed by atoms with van der Waals surface area (Å²) in [7, 11) is 0. The van der Waals surface area contributed by atoms with Crippen LogP contribution >= 0.6 is 0 Å². The molecule has 7 aromatic carbocycles. The number of nitriles is 1. The second-order valence-corrected chi connectivity index (χ2v) is 12.6. The Morgan fingerprint density at radius 3 is 1.30 bits per heavy atom. The Kier molecular flexibility index (Phi) is 8.12. The van der Waals surface area contributed by atoms with Gasteiger partial charge in [-0.25, -0.2) is 19.9 Å². The highest BCUT2D eigenvalue weighted by atomic mass is 16.3. The molecular formula is C47H29N5O. The molecule has 0 amide bonds. The molecule has 0 saturated heterocycles. The maximum Gasteiger partial charge on any atom is 0.227 e. The molecule has 2 heterocycles. The molecule has 9 rings (SSSR count). The van der Waals surface area contributed by atoms with Crippen molar-refractivity contribution in [1.82, 2.24) is 19.9 Å². The number of fused-ring (bicyclic) bond motifs is 1. The highest BCUT2D eigenvalue weighted by Crippen LogP contribution is 2.37. The van der Waals surface area contributed by atoms with Crippen LogP contribution in [0.2, 0.25) is 0 Å². The molecule has 53 heavy (non-hydrogen) atoms. The Labute approximate surface area is 306 Å². The Hall–Kier alpha value is -7.49. The monoisotopic (exact) mass is 679 g/mol. The number of aromatic nitrogens is 4. The predicted molar refractivity (Wildman–Crippen MR) is 210 cm³/mol. The molecule has 0 aliphatic rings. The summed E-state index contributed by atoms with van der Waals surface area (Å²) in [5.41, 5.74) is 11.9. The van der Waals surface area contributed by atoms with Crippen LogP contribution in [0.4, 0.5) is 0 Å². The minimum absolute atomic E-state index is 0.550. The van der Waals surface area contributed by atoms with Crippen LogP contribution in [-0.4, -0.2) is 19.9 Å². The molecule has 0 radical (unpaired) electrons. The number of hydrogen-bond acceptors (Lipinski definition) is 6. The lowest BCUT2D eigenvalue weighted by molar-refractivity contribution is 0.620. The predicted octanol–water partition coefficient (Wildman–Crippen LogP) is 11.6. The van der Waals surface area contributed by atoms with E-state index in [-0.39, 0.29) is 0 Å². The first kappa shape index (κ1) is 31.5. The third kappa shape index (κ3) is 6.35. The summed E-state index contributed by atoms with van der Waals surface area (Å²) < 4.78 is 6.48. The fraction of sp³-hybridized carbons (Fsp3) is 0. The average molecular weight is 680 g/mol. The van der Waals surface area contributed by atoms with Crippen molar-refractivity contribution in [1.29, 1.82) is 5.26 Å². The van der Waals surface area contributed by atoms with E-state index in [4.69, 9.17) is 29.6 Å². The van der Waals surface area contributed by atoms with E-state index in [1.165, 1.54) is 0 Å². The van der Waals surface area contributed by atoms with E-state index in [9.17, 15) is 0 Å². The Morgan fingerprint density at radius 2 is 0.792 bits per heavy atom. The van der Waals surface area contributed by atoms with Crippen LogP contribution in [0.1, 0.15) is 5.56 Å². The van der Waals surface area contributed by atoms with E-state index < -0.39 is 0 Å². The molecule has 0 atom stereocenters. The molecule has 0 aliphatic heterocycles. The zero-order valence-corrected chi connectivity index (χ0v) is 28.4. The van der Waals surface area contributed by atoms with Gasteiger partial charge in [0.2, 0.25) is 5.89 Å². The fourth-order valence-electron chi connectivity index (χ4n) is 6.45. The molecule has 0 bridgehead atoms. The molecule has 0 aliphatic carbocycles. The highest BCUT2D eigenvalue weighted by molar-refractivity contribution is 5.96. The maximum atomic E-state index is 9.16. The first-order chi connectivity index (χ1) is 26.2. The molecule has 0 saturated carbocycles. The second kappa shape index (κ2) is 13.7. The Balaban J connectivity index is 1.09. The number of nitrogens with zero attached hydrogens (tertiary/aromatic N) is 5. The lowest BCUT2D eigenvalue weighted by Crippen LogP contribution is -2.00. The van der Waals surface area contributed by atoms with Crippen molar-refractivity contribution in [2.45, 2.75) is 0 Å². The van der Waals surface area contributed by atoms with E-state index in [2.05, 4.69) is 66.7 Å². The zero-order chi connectivity index (χ0) is 35.6. The van der Waals surface area contributed by atoms with Gasteiger partial charge in [-0.05, 0) is 64.2 Å². The smallest absolute Gasteiger partial charge is 0.227 e. The van der Waals surface area contributed by atoms with E-state index in [0.717, 1.165) is 61.2 Å². The Morgan fingerprint density at radius 1 is 0.377 bits per heavy atom. The van der Waals surface area contributed by atoms with E-state index >= 15 is 0 Å². The van der Waals surface area contributed by atoms with E-state index in [0.29, 0.717) is 34.5 Å². The summed E-state index contributed by atoms with van der Waals surface area (Å²) in [6, 6.07) is 60.7. The minimum atomic E-state index is 0.550. The zero-order valence-electron chi connectivity index (χ0n) is 28.4. The summed E-state index contributed by atoms with van der Waals surface area (Å²) in [4.78, 5) is 19.6. The molecule has 0 spiro atoms. The molecular weight excluding hydrogens is 651 g/mol. The van der Waals surface area contributed by atoms with Crippen molar-refractivity contribution >= 4 is 11.1 Å². The molecule has 0 fully saturated rings. The molecule has 6 heteroatoms. The summed E-state index contributed by atoms with van der Waals surface area (Å²) in [5, 5.41) is 9.16. The molecule has 2 aromatic heterocycles.